The lowest BCUT2D eigenvalue weighted by atomic mass is 10.0. The Hall–Kier alpha value is -5.23. The molecular formula is C30H25N3O12S2. The number of aromatic hydroxyl groups is 2. The molecule has 3 aromatic carbocycles. The summed E-state index contributed by atoms with van der Waals surface area (Å²) in [5.41, 5.74) is -0.0474. The summed E-state index contributed by atoms with van der Waals surface area (Å²) in [4.78, 5) is 46.5. The van der Waals surface area contributed by atoms with Crippen LogP contribution in [0.3, 0.4) is 0 Å². The van der Waals surface area contributed by atoms with Crippen LogP contribution >= 0.6 is 0 Å². The van der Waals surface area contributed by atoms with Crippen molar-refractivity contribution in [2.45, 2.75) is 42.0 Å². The van der Waals surface area contributed by atoms with Gasteiger partial charge in [0.25, 0.3) is 20.2 Å². The topological polar surface area (TPSA) is 235 Å². The average Bonchev–Trinajstić information content (AvgIpc) is 3.32. The number of carbonyl (C=O) groups excluding carboxylic acids is 1. The number of aromatic nitrogens is 3. The predicted octanol–water partition coefficient (Wildman–Crippen LogP) is 3.07. The van der Waals surface area contributed by atoms with Gasteiger partial charge in [-0.3, -0.25) is 18.7 Å². The molecule has 0 spiro atoms. The first kappa shape index (κ1) is 31.7. The summed E-state index contributed by atoms with van der Waals surface area (Å²) in [7, 11) is -9.24. The van der Waals surface area contributed by atoms with E-state index in [0.29, 0.717) is 35.0 Å². The van der Waals surface area contributed by atoms with E-state index in [0.717, 1.165) is 36.4 Å². The molecule has 0 bridgehead atoms. The smallest absolute Gasteiger partial charge is 0.333 e. The fraction of sp³-hybridized carbons (Fsp3) is 0.167. The van der Waals surface area contributed by atoms with Crippen molar-refractivity contribution in [3.8, 4) is 11.8 Å². The predicted molar refractivity (Wildman–Crippen MR) is 169 cm³/mol. The maximum absolute atomic E-state index is 13.7. The van der Waals surface area contributed by atoms with E-state index in [1.54, 1.807) is 4.57 Å². The molecule has 5 N–H and O–H groups in total. The summed E-state index contributed by atoms with van der Waals surface area (Å²) in [5.74, 6) is -1.62. The van der Waals surface area contributed by atoms with E-state index in [4.69, 9.17) is 4.84 Å². The number of H-pyrrole nitrogens is 1. The van der Waals surface area contributed by atoms with Crippen molar-refractivity contribution in [2.75, 3.05) is 0 Å². The summed E-state index contributed by atoms with van der Waals surface area (Å²) in [6.45, 7) is 0.233. The molecule has 0 amide bonds. The number of aryl methyl sites for hydroxylation is 1. The van der Waals surface area contributed by atoms with Crippen LogP contribution in [0.4, 0.5) is 0 Å². The number of benzene rings is 3. The van der Waals surface area contributed by atoms with Crippen LogP contribution in [-0.4, -0.2) is 56.4 Å². The van der Waals surface area contributed by atoms with Crippen LogP contribution in [0.1, 0.15) is 25.7 Å². The SMILES string of the molecule is O=C(CCCCCn1c2ccc(S(=O)(=O)O)cc2c(=O)c2cc3[nH]c4ccc(S(=O)(=O)O)cc4c(=O)c3cc21)On1c(O)ccc1O. The number of carbonyl (C=O) groups is 1. The molecule has 47 heavy (non-hydrogen) atoms. The van der Waals surface area contributed by atoms with Gasteiger partial charge in [-0.05, 0) is 61.4 Å². The van der Waals surface area contributed by atoms with Gasteiger partial charge >= 0.3 is 5.97 Å². The maximum Gasteiger partial charge on any atom is 0.333 e. The molecule has 6 aromatic rings. The molecule has 0 saturated carbocycles. The Morgan fingerprint density at radius 2 is 1.26 bits per heavy atom. The lowest BCUT2D eigenvalue weighted by Crippen LogP contribution is -2.18. The third kappa shape index (κ3) is 5.92. The van der Waals surface area contributed by atoms with Crippen molar-refractivity contribution in [1.29, 1.82) is 0 Å². The molecule has 15 nitrogen and oxygen atoms in total. The maximum atomic E-state index is 13.7. The van der Waals surface area contributed by atoms with Crippen molar-refractivity contribution >= 4 is 69.8 Å². The number of nitrogens with zero attached hydrogens (tertiary/aromatic N) is 2. The molecule has 0 aliphatic rings. The highest BCUT2D eigenvalue weighted by molar-refractivity contribution is 7.86. The van der Waals surface area contributed by atoms with E-state index in [1.807, 2.05) is 0 Å². The third-order valence-corrected chi connectivity index (χ3v) is 9.47. The highest BCUT2D eigenvalue weighted by atomic mass is 32.2. The molecule has 0 saturated heterocycles. The number of hydrogen-bond acceptors (Lipinski definition) is 10. The average molecular weight is 684 g/mol. The minimum atomic E-state index is -4.65. The van der Waals surface area contributed by atoms with E-state index in [9.17, 15) is 50.5 Å². The molecule has 0 radical (unpaired) electrons. The molecular weight excluding hydrogens is 658 g/mol. The Balaban J connectivity index is 1.42. The Labute approximate surface area is 264 Å². The fourth-order valence-corrected chi connectivity index (χ4v) is 6.54. The van der Waals surface area contributed by atoms with Gasteiger partial charge in [-0.1, -0.05) is 6.42 Å². The quantitative estimate of drug-likeness (QED) is 0.0840. The number of unbranched alkanes of at least 4 members (excludes halogenated alkanes) is 2. The third-order valence-electron chi connectivity index (χ3n) is 7.77. The second-order valence-electron chi connectivity index (χ2n) is 10.8. The summed E-state index contributed by atoms with van der Waals surface area (Å²) in [5, 5.41) is 19.5. The van der Waals surface area contributed by atoms with Crippen LogP contribution in [0.15, 0.2) is 80.0 Å². The monoisotopic (exact) mass is 683 g/mol. The largest absolute Gasteiger partial charge is 0.492 e. The number of aromatic amines is 1. The second kappa shape index (κ2) is 11.5. The second-order valence-corrected chi connectivity index (χ2v) is 13.6. The molecule has 3 aromatic heterocycles. The zero-order valence-electron chi connectivity index (χ0n) is 24.1. The molecule has 0 aliphatic carbocycles. The van der Waals surface area contributed by atoms with Gasteiger partial charge in [0.15, 0.2) is 10.9 Å². The molecule has 3 heterocycles. The van der Waals surface area contributed by atoms with Gasteiger partial charge in [-0.2, -0.15) is 16.8 Å². The van der Waals surface area contributed by atoms with Crippen LogP contribution in [0.5, 0.6) is 11.8 Å². The highest BCUT2D eigenvalue weighted by Gasteiger charge is 2.19. The van der Waals surface area contributed by atoms with Crippen molar-refractivity contribution < 1.29 is 45.8 Å². The normalized spacial score (nSPS) is 12.4. The van der Waals surface area contributed by atoms with Crippen molar-refractivity contribution in [3.05, 3.63) is 81.1 Å². The van der Waals surface area contributed by atoms with E-state index in [1.165, 1.54) is 24.3 Å². The van der Waals surface area contributed by atoms with E-state index >= 15 is 0 Å². The standard InChI is InChI=1S/C30H25N3O12S2/c34-26-9-10-27(35)33(26)45-28(36)4-2-1-3-11-32-24-8-6-17(47(42,43)44)13-20(24)30(38)21-14-23-19(15-25(21)32)29(37)18-12-16(46(39,40)41)5-7-22(18)31-23/h5-10,12-15,34-35H,1-4,11H2,(H,31,37)(H,39,40,41)(H,42,43,44). The minimum Gasteiger partial charge on any atom is -0.492 e. The number of rotatable bonds is 9. The number of fused-ring (bicyclic) bond motifs is 4. The highest BCUT2D eigenvalue weighted by Crippen LogP contribution is 2.27. The summed E-state index contributed by atoms with van der Waals surface area (Å²) >= 11 is 0. The minimum absolute atomic E-state index is 0.0113. The molecule has 0 unspecified atom stereocenters. The lowest BCUT2D eigenvalue weighted by Gasteiger charge is -2.17. The Kier molecular flexibility index (Phi) is 7.79. The van der Waals surface area contributed by atoms with Crippen LogP contribution in [0.25, 0.3) is 43.6 Å². The van der Waals surface area contributed by atoms with Gasteiger partial charge in [0, 0.05) is 52.2 Å². The van der Waals surface area contributed by atoms with Gasteiger partial charge in [0.05, 0.1) is 26.3 Å². The summed E-state index contributed by atoms with van der Waals surface area (Å²) in [6.07, 6.45) is 1.19. The first-order valence-electron chi connectivity index (χ1n) is 14.0. The number of hydrogen-bond donors (Lipinski definition) is 5. The van der Waals surface area contributed by atoms with Gasteiger partial charge in [-0.25, -0.2) is 4.79 Å². The molecule has 244 valence electrons. The van der Waals surface area contributed by atoms with E-state index in [2.05, 4.69) is 4.98 Å². The van der Waals surface area contributed by atoms with E-state index in [-0.39, 0.29) is 45.5 Å². The first-order valence-corrected chi connectivity index (χ1v) is 16.9. The Morgan fingerprint density at radius 3 is 1.91 bits per heavy atom. The van der Waals surface area contributed by atoms with Gasteiger partial charge in [-0.15, -0.1) is 4.73 Å². The first-order chi connectivity index (χ1) is 22.1. The van der Waals surface area contributed by atoms with Crippen LogP contribution in [0, 0.1) is 0 Å². The van der Waals surface area contributed by atoms with Gasteiger partial charge in [0.2, 0.25) is 11.8 Å². The van der Waals surface area contributed by atoms with Crippen molar-refractivity contribution in [1.82, 2.24) is 14.3 Å². The van der Waals surface area contributed by atoms with Crippen molar-refractivity contribution in [3.63, 3.8) is 0 Å². The fourth-order valence-electron chi connectivity index (χ4n) is 5.52. The lowest BCUT2D eigenvalue weighted by molar-refractivity contribution is -0.145. The van der Waals surface area contributed by atoms with Crippen molar-refractivity contribution in [2.24, 2.45) is 0 Å². The number of nitrogens with one attached hydrogen (secondary N) is 1. The Morgan fingerprint density at radius 1 is 0.681 bits per heavy atom. The van der Waals surface area contributed by atoms with Crippen LogP contribution in [-0.2, 0) is 31.6 Å². The molecule has 0 aliphatic heterocycles. The molecule has 17 heteroatoms. The summed E-state index contributed by atoms with van der Waals surface area (Å²) in [6, 6.07) is 12.2. The zero-order chi connectivity index (χ0) is 33.8. The van der Waals surface area contributed by atoms with Gasteiger partial charge in [0.1, 0.15) is 0 Å². The van der Waals surface area contributed by atoms with E-state index < -0.39 is 58.6 Å². The zero-order valence-corrected chi connectivity index (χ0v) is 25.7. The Bertz CT molecular complexity index is 2600. The molecule has 6 rings (SSSR count). The van der Waals surface area contributed by atoms with Crippen LogP contribution < -0.4 is 15.7 Å². The molecule has 0 atom stereocenters. The number of pyridine rings is 2. The van der Waals surface area contributed by atoms with Crippen LogP contribution in [0.2, 0.25) is 0 Å². The molecule has 0 fully saturated rings. The van der Waals surface area contributed by atoms with Gasteiger partial charge < -0.3 is 24.6 Å². The summed E-state index contributed by atoms with van der Waals surface area (Å²) < 4.78 is 68.6.